The molecule has 0 aliphatic rings. The second kappa shape index (κ2) is 6.77. The molecule has 0 radical (unpaired) electrons. The zero-order valence-electron chi connectivity index (χ0n) is 10.0. The van der Waals surface area contributed by atoms with E-state index < -0.39 is 0 Å². The average molecular weight is 242 g/mol. The highest BCUT2D eigenvalue weighted by atomic mass is 35.5. The van der Waals surface area contributed by atoms with Gasteiger partial charge in [0.1, 0.15) is 5.75 Å². The summed E-state index contributed by atoms with van der Waals surface area (Å²) in [4.78, 5) is 0. The van der Waals surface area contributed by atoms with Crippen LogP contribution in [0.2, 0.25) is 5.02 Å². The van der Waals surface area contributed by atoms with Crippen molar-refractivity contribution in [3.05, 3.63) is 28.8 Å². The van der Waals surface area contributed by atoms with Crippen molar-refractivity contribution in [3.63, 3.8) is 0 Å². The molecule has 90 valence electrons. The van der Waals surface area contributed by atoms with Gasteiger partial charge in [0.2, 0.25) is 0 Å². The van der Waals surface area contributed by atoms with Crippen LogP contribution < -0.4 is 10.5 Å². The molecular formula is C13H20ClNO. The minimum Gasteiger partial charge on any atom is -0.494 e. The van der Waals surface area contributed by atoms with Crippen molar-refractivity contribution < 1.29 is 4.74 Å². The number of hydrogen-bond donors (Lipinski definition) is 1. The van der Waals surface area contributed by atoms with Gasteiger partial charge in [0.25, 0.3) is 0 Å². The van der Waals surface area contributed by atoms with Gasteiger partial charge in [0, 0.05) is 5.02 Å². The molecule has 1 aromatic carbocycles. The summed E-state index contributed by atoms with van der Waals surface area (Å²) < 4.78 is 5.60. The summed E-state index contributed by atoms with van der Waals surface area (Å²) >= 11 is 6.01. The van der Waals surface area contributed by atoms with Crippen molar-refractivity contribution in [2.75, 3.05) is 13.2 Å². The highest BCUT2D eigenvalue weighted by Crippen LogP contribution is 2.32. The molecule has 3 heteroatoms. The standard InChI is InChI=1S/C13H20ClNO/c1-3-16-13-7-6-11(14)9-12(13)10(2)5-4-8-15/h6-7,9-10H,3-5,8,15H2,1-2H3. The van der Waals surface area contributed by atoms with Crippen LogP contribution in [0.15, 0.2) is 18.2 Å². The lowest BCUT2D eigenvalue weighted by Gasteiger charge is -2.16. The highest BCUT2D eigenvalue weighted by Gasteiger charge is 2.11. The number of hydrogen-bond acceptors (Lipinski definition) is 2. The van der Waals surface area contributed by atoms with Gasteiger partial charge in [0.05, 0.1) is 6.61 Å². The Morgan fingerprint density at radius 2 is 2.19 bits per heavy atom. The van der Waals surface area contributed by atoms with Crippen LogP contribution in [0.4, 0.5) is 0 Å². The van der Waals surface area contributed by atoms with Crippen LogP contribution in [0.3, 0.4) is 0 Å². The summed E-state index contributed by atoms with van der Waals surface area (Å²) in [5.74, 6) is 1.38. The van der Waals surface area contributed by atoms with Crippen LogP contribution >= 0.6 is 11.6 Å². The van der Waals surface area contributed by atoms with Gasteiger partial charge in [-0.1, -0.05) is 18.5 Å². The Morgan fingerprint density at radius 3 is 2.81 bits per heavy atom. The molecule has 1 unspecified atom stereocenters. The minimum atomic E-state index is 0.434. The fourth-order valence-corrected chi connectivity index (χ4v) is 1.95. The molecule has 1 rings (SSSR count). The topological polar surface area (TPSA) is 35.2 Å². The fraction of sp³-hybridized carbons (Fsp3) is 0.538. The van der Waals surface area contributed by atoms with E-state index in [0.29, 0.717) is 12.5 Å². The number of nitrogens with two attached hydrogens (primary N) is 1. The van der Waals surface area contributed by atoms with Gasteiger partial charge >= 0.3 is 0 Å². The summed E-state index contributed by atoms with van der Waals surface area (Å²) in [6.07, 6.45) is 2.09. The molecule has 1 aromatic rings. The fourth-order valence-electron chi connectivity index (χ4n) is 1.77. The van der Waals surface area contributed by atoms with Crippen molar-refractivity contribution in [3.8, 4) is 5.75 Å². The summed E-state index contributed by atoms with van der Waals surface area (Å²) in [6, 6.07) is 5.81. The van der Waals surface area contributed by atoms with Crippen LogP contribution in [0.25, 0.3) is 0 Å². The summed E-state index contributed by atoms with van der Waals surface area (Å²) in [7, 11) is 0. The molecule has 2 nitrogen and oxygen atoms in total. The summed E-state index contributed by atoms with van der Waals surface area (Å²) in [5.41, 5.74) is 6.71. The first-order chi connectivity index (χ1) is 7.69. The maximum Gasteiger partial charge on any atom is 0.122 e. The summed E-state index contributed by atoms with van der Waals surface area (Å²) in [5, 5.41) is 0.762. The minimum absolute atomic E-state index is 0.434. The Balaban J connectivity index is 2.85. The zero-order chi connectivity index (χ0) is 12.0. The van der Waals surface area contributed by atoms with E-state index >= 15 is 0 Å². The lowest BCUT2D eigenvalue weighted by Crippen LogP contribution is -2.04. The molecule has 0 aliphatic heterocycles. The largest absolute Gasteiger partial charge is 0.494 e. The van der Waals surface area contributed by atoms with Crippen molar-refractivity contribution >= 4 is 11.6 Å². The van der Waals surface area contributed by atoms with Crippen LogP contribution in [0.1, 0.15) is 38.2 Å². The van der Waals surface area contributed by atoms with E-state index in [1.165, 1.54) is 5.56 Å². The van der Waals surface area contributed by atoms with Crippen molar-refractivity contribution in [2.45, 2.75) is 32.6 Å². The maximum absolute atomic E-state index is 6.01. The molecule has 1 atom stereocenters. The smallest absolute Gasteiger partial charge is 0.122 e. The van der Waals surface area contributed by atoms with Crippen LogP contribution in [0, 0.1) is 0 Å². The van der Waals surface area contributed by atoms with Crippen molar-refractivity contribution in [2.24, 2.45) is 5.73 Å². The lowest BCUT2D eigenvalue weighted by molar-refractivity contribution is 0.334. The lowest BCUT2D eigenvalue weighted by atomic mass is 9.95. The second-order valence-corrected chi connectivity index (χ2v) is 4.38. The van der Waals surface area contributed by atoms with Gasteiger partial charge in [-0.3, -0.25) is 0 Å². The molecule has 0 fully saturated rings. The molecule has 0 amide bonds. The molecule has 16 heavy (non-hydrogen) atoms. The Kier molecular flexibility index (Phi) is 5.64. The quantitative estimate of drug-likeness (QED) is 0.826. The second-order valence-electron chi connectivity index (χ2n) is 3.95. The first kappa shape index (κ1) is 13.3. The number of halogens is 1. The maximum atomic E-state index is 6.01. The normalized spacial score (nSPS) is 12.5. The molecule has 2 N–H and O–H groups in total. The van der Waals surface area contributed by atoms with Gasteiger partial charge in [-0.15, -0.1) is 0 Å². The molecule has 0 aromatic heterocycles. The third kappa shape index (κ3) is 3.69. The Morgan fingerprint density at radius 1 is 1.44 bits per heavy atom. The first-order valence-electron chi connectivity index (χ1n) is 5.81. The third-order valence-electron chi connectivity index (χ3n) is 2.64. The van der Waals surface area contributed by atoms with Gasteiger partial charge in [-0.25, -0.2) is 0 Å². The predicted molar refractivity (Wildman–Crippen MR) is 69.3 cm³/mol. The highest BCUT2D eigenvalue weighted by molar-refractivity contribution is 6.30. The molecule has 0 heterocycles. The molecule has 0 saturated carbocycles. The van der Waals surface area contributed by atoms with Crippen LogP contribution in [0.5, 0.6) is 5.75 Å². The van der Waals surface area contributed by atoms with E-state index in [1.807, 2.05) is 25.1 Å². The van der Waals surface area contributed by atoms with E-state index in [4.69, 9.17) is 22.1 Å². The third-order valence-corrected chi connectivity index (χ3v) is 2.88. The van der Waals surface area contributed by atoms with Crippen molar-refractivity contribution in [1.82, 2.24) is 0 Å². The van der Waals surface area contributed by atoms with Gasteiger partial charge in [0.15, 0.2) is 0 Å². The Labute approximate surface area is 103 Å². The average Bonchev–Trinajstić information content (AvgIpc) is 2.28. The molecular weight excluding hydrogens is 222 g/mol. The molecule has 0 saturated heterocycles. The Bertz CT molecular complexity index is 328. The zero-order valence-corrected chi connectivity index (χ0v) is 10.8. The number of rotatable bonds is 6. The predicted octanol–water partition coefficient (Wildman–Crippen LogP) is 3.58. The SMILES string of the molecule is CCOc1ccc(Cl)cc1C(C)CCCN. The van der Waals surface area contributed by atoms with Gasteiger partial charge in [-0.2, -0.15) is 0 Å². The van der Waals surface area contributed by atoms with Crippen LogP contribution in [-0.2, 0) is 0 Å². The Hall–Kier alpha value is -0.730. The molecule has 0 spiro atoms. The van der Waals surface area contributed by atoms with E-state index in [1.54, 1.807) is 0 Å². The summed E-state index contributed by atoms with van der Waals surface area (Å²) in [6.45, 7) is 5.58. The van der Waals surface area contributed by atoms with E-state index in [9.17, 15) is 0 Å². The molecule has 0 aliphatic carbocycles. The monoisotopic (exact) mass is 241 g/mol. The number of benzene rings is 1. The number of ether oxygens (including phenoxy) is 1. The van der Waals surface area contributed by atoms with E-state index in [0.717, 1.165) is 30.2 Å². The van der Waals surface area contributed by atoms with Gasteiger partial charge in [-0.05, 0) is 56.0 Å². The van der Waals surface area contributed by atoms with E-state index in [-0.39, 0.29) is 0 Å². The van der Waals surface area contributed by atoms with Crippen LogP contribution in [-0.4, -0.2) is 13.2 Å². The van der Waals surface area contributed by atoms with Crippen molar-refractivity contribution in [1.29, 1.82) is 0 Å². The molecule has 0 bridgehead atoms. The van der Waals surface area contributed by atoms with Gasteiger partial charge < -0.3 is 10.5 Å². The van der Waals surface area contributed by atoms with E-state index in [2.05, 4.69) is 6.92 Å². The first-order valence-corrected chi connectivity index (χ1v) is 6.19.